The third-order valence-electron chi connectivity index (χ3n) is 3.29. The van der Waals surface area contributed by atoms with E-state index in [1.807, 2.05) is 18.2 Å². The maximum Gasteiger partial charge on any atom is 0.148 e. The molecule has 0 saturated carbocycles. The zero-order valence-corrected chi connectivity index (χ0v) is 12.7. The molecule has 0 fully saturated rings. The molecular weight excluding hydrogens is 339 g/mol. The fourth-order valence-corrected chi connectivity index (χ4v) is 2.65. The highest BCUT2D eigenvalue weighted by molar-refractivity contribution is 9.10. The molecule has 5 heteroatoms. The molecule has 3 aromatic rings. The third-order valence-corrected chi connectivity index (χ3v) is 3.91. The summed E-state index contributed by atoms with van der Waals surface area (Å²) in [5.41, 5.74) is 0.770. The van der Waals surface area contributed by atoms with E-state index in [2.05, 4.69) is 15.9 Å². The topological polar surface area (TPSA) is 42.6 Å². The molecule has 21 heavy (non-hydrogen) atoms. The Labute approximate surface area is 129 Å². The van der Waals surface area contributed by atoms with Crippen molar-refractivity contribution in [2.24, 2.45) is 0 Å². The highest BCUT2D eigenvalue weighted by Crippen LogP contribution is 2.33. The first-order valence-electron chi connectivity index (χ1n) is 6.29. The van der Waals surface area contributed by atoms with Gasteiger partial charge in [-0.05, 0) is 40.2 Å². The second-order valence-electron chi connectivity index (χ2n) is 4.60. The summed E-state index contributed by atoms with van der Waals surface area (Å²) in [6, 6.07) is 11.6. The molecule has 1 N–H and O–H groups in total. The average molecular weight is 351 g/mol. The quantitative estimate of drug-likeness (QED) is 0.759. The van der Waals surface area contributed by atoms with Gasteiger partial charge in [-0.15, -0.1) is 0 Å². The van der Waals surface area contributed by atoms with Crippen molar-refractivity contribution in [1.82, 2.24) is 0 Å². The molecule has 1 atom stereocenters. The van der Waals surface area contributed by atoms with E-state index in [-0.39, 0.29) is 5.56 Å². The lowest BCUT2D eigenvalue weighted by Gasteiger charge is -2.10. The van der Waals surface area contributed by atoms with Gasteiger partial charge < -0.3 is 14.3 Å². The van der Waals surface area contributed by atoms with Gasteiger partial charge in [0, 0.05) is 17.0 Å². The normalized spacial score (nSPS) is 12.6. The Hall–Kier alpha value is -1.85. The minimum Gasteiger partial charge on any atom is -0.497 e. The van der Waals surface area contributed by atoms with Gasteiger partial charge in [0.25, 0.3) is 0 Å². The van der Waals surface area contributed by atoms with E-state index in [4.69, 9.17) is 9.15 Å². The van der Waals surface area contributed by atoms with E-state index in [1.165, 1.54) is 19.2 Å². The van der Waals surface area contributed by atoms with E-state index in [9.17, 15) is 9.50 Å². The molecule has 108 valence electrons. The van der Waals surface area contributed by atoms with Crippen LogP contribution in [0.1, 0.15) is 17.4 Å². The Morgan fingerprint density at radius 3 is 2.71 bits per heavy atom. The largest absolute Gasteiger partial charge is 0.497 e. The summed E-state index contributed by atoms with van der Waals surface area (Å²) >= 11 is 3.38. The zero-order chi connectivity index (χ0) is 15.0. The van der Waals surface area contributed by atoms with Gasteiger partial charge in [0.15, 0.2) is 0 Å². The molecule has 0 aliphatic heterocycles. The molecule has 0 amide bonds. The van der Waals surface area contributed by atoms with Crippen LogP contribution in [0.3, 0.4) is 0 Å². The van der Waals surface area contributed by atoms with Gasteiger partial charge in [-0.25, -0.2) is 4.39 Å². The molecule has 1 unspecified atom stereocenters. The molecular formula is C16H12BrFO3. The molecule has 0 saturated heterocycles. The van der Waals surface area contributed by atoms with Gasteiger partial charge in [0.05, 0.1) is 11.6 Å². The number of ether oxygens (including phenoxy) is 1. The van der Waals surface area contributed by atoms with Gasteiger partial charge in [-0.3, -0.25) is 0 Å². The van der Waals surface area contributed by atoms with Crippen LogP contribution in [-0.2, 0) is 0 Å². The van der Waals surface area contributed by atoms with Crippen molar-refractivity contribution in [2.75, 3.05) is 7.11 Å². The summed E-state index contributed by atoms with van der Waals surface area (Å²) in [5.74, 6) is 0.151. The predicted octanol–water partition coefficient (Wildman–Crippen LogP) is 4.42. The molecule has 0 spiro atoms. The summed E-state index contributed by atoms with van der Waals surface area (Å²) in [5, 5.41) is 11.2. The lowest BCUT2D eigenvalue weighted by molar-refractivity contribution is 0.187. The van der Waals surface area contributed by atoms with E-state index in [0.29, 0.717) is 17.1 Å². The number of halogens is 2. The summed E-state index contributed by atoms with van der Waals surface area (Å²) < 4.78 is 25.4. The number of para-hydroxylation sites is 1. The van der Waals surface area contributed by atoms with Crippen molar-refractivity contribution >= 4 is 26.9 Å². The number of hydrogen-bond acceptors (Lipinski definition) is 3. The van der Waals surface area contributed by atoms with Crippen molar-refractivity contribution in [3.05, 3.63) is 64.1 Å². The van der Waals surface area contributed by atoms with Crippen LogP contribution >= 0.6 is 15.9 Å². The first kappa shape index (κ1) is 14.1. The number of aliphatic hydroxyl groups excluding tert-OH is 1. The highest BCUT2D eigenvalue weighted by Gasteiger charge is 2.20. The average Bonchev–Trinajstić information content (AvgIpc) is 2.92. The molecule has 0 aliphatic carbocycles. The second-order valence-corrected chi connectivity index (χ2v) is 5.45. The van der Waals surface area contributed by atoms with Gasteiger partial charge in [-0.1, -0.05) is 12.1 Å². The molecule has 3 nitrogen and oxygen atoms in total. The Balaban J connectivity index is 2.04. The Kier molecular flexibility index (Phi) is 3.69. The van der Waals surface area contributed by atoms with Crippen LogP contribution in [0.4, 0.5) is 4.39 Å². The molecule has 3 rings (SSSR count). The minimum atomic E-state index is -1.17. The van der Waals surface area contributed by atoms with Crippen molar-refractivity contribution in [2.45, 2.75) is 6.10 Å². The smallest absolute Gasteiger partial charge is 0.148 e. The van der Waals surface area contributed by atoms with Gasteiger partial charge in [-0.2, -0.15) is 0 Å². The van der Waals surface area contributed by atoms with Crippen LogP contribution in [-0.4, -0.2) is 12.2 Å². The van der Waals surface area contributed by atoms with Crippen LogP contribution in [0.2, 0.25) is 0 Å². The number of methoxy groups -OCH3 is 1. The van der Waals surface area contributed by atoms with Crippen LogP contribution < -0.4 is 4.74 Å². The lowest BCUT2D eigenvalue weighted by atomic mass is 10.1. The fraction of sp³-hybridized carbons (Fsp3) is 0.125. The number of fused-ring (bicyclic) bond motifs is 1. The third kappa shape index (κ3) is 2.54. The first-order chi connectivity index (χ1) is 10.1. The Bertz CT molecular complexity index is 797. The van der Waals surface area contributed by atoms with E-state index < -0.39 is 11.9 Å². The molecule has 0 aliphatic rings. The Morgan fingerprint density at radius 1 is 1.24 bits per heavy atom. The summed E-state index contributed by atoms with van der Waals surface area (Å²) in [4.78, 5) is 0. The maximum absolute atomic E-state index is 14.0. The van der Waals surface area contributed by atoms with Gasteiger partial charge in [0.2, 0.25) is 0 Å². The number of aliphatic hydroxyl groups is 1. The van der Waals surface area contributed by atoms with Gasteiger partial charge >= 0.3 is 0 Å². The predicted molar refractivity (Wildman–Crippen MR) is 80.9 cm³/mol. The van der Waals surface area contributed by atoms with Crippen molar-refractivity contribution < 1.29 is 18.7 Å². The van der Waals surface area contributed by atoms with E-state index in [0.717, 1.165) is 9.86 Å². The van der Waals surface area contributed by atoms with Crippen molar-refractivity contribution in [1.29, 1.82) is 0 Å². The monoisotopic (exact) mass is 350 g/mol. The number of rotatable bonds is 3. The number of furan rings is 1. The maximum atomic E-state index is 14.0. The lowest BCUT2D eigenvalue weighted by Crippen LogP contribution is -2.01. The highest BCUT2D eigenvalue weighted by atomic mass is 79.9. The SMILES string of the molecule is COc1ccc(C(O)c2cc3cccc(Br)c3o2)c(F)c1. The number of hydrogen-bond donors (Lipinski definition) is 1. The van der Waals surface area contributed by atoms with Crippen LogP contribution in [0.15, 0.2) is 51.4 Å². The van der Waals surface area contributed by atoms with Crippen LogP contribution in [0.25, 0.3) is 11.0 Å². The molecule has 1 aromatic heterocycles. The summed E-state index contributed by atoms with van der Waals surface area (Å²) in [7, 11) is 1.46. The first-order valence-corrected chi connectivity index (χ1v) is 7.09. The van der Waals surface area contributed by atoms with E-state index in [1.54, 1.807) is 12.1 Å². The molecule has 0 radical (unpaired) electrons. The van der Waals surface area contributed by atoms with Crippen molar-refractivity contribution in [3.63, 3.8) is 0 Å². The fourth-order valence-electron chi connectivity index (χ4n) is 2.19. The summed E-state index contributed by atoms with van der Waals surface area (Å²) in [6.07, 6.45) is -1.17. The van der Waals surface area contributed by atoms with E-state index >= 15 is 0 Å². The molecule has 1 heterocycles. The van der Waals surface area contributed by atoms with Crippen LogP contribution in [0.5, 0.6) is 5.75 Å². The molecule has 2 aromatic carbocycles. The zero-order valence-electron chi connectivity index (χ0n) is 11.1. The van der Waals surface area contributed by atoms with Crippen molar-refractivity contribution in [3.8, 4) is 5.75 Å². The molecule has 0 bridgehead atoms. The van der Waals surface area contributed by atoms with Gasteiger partial charge in [0.1, 0.15) is 29.0 Å². The summed E-state index contributed by atoms with van der Waals surface area (Å²) in [6.45, 7) is 0. The van der Waals surface area contributed by atoms with Crippen LogP contribution in [0, 0.1) is 5.82 Å². The number of benzene rings is 2. The second kappa shape index (κ2) is 5.50. The Morgan fingerprint density at radius 2 is 2.05 bits per heavy atom. The minimum absolute atomic E-state index is 0.144. The standard InChI is InChI=1S/C16H12BrFO3/c1-20-10-5-6-11(13(18)8-10)15(19)14-7-9-3-2-4-12(17)16(9)21-14/h2-8,15,19H,1H3.